The number of hydrogen-bond donors (Lipinski definition) is 2. The Morgan fingerprint density at radius 2 is 1.95 bits per heavy atom. The number of carboxylic acid groups (broad SMARTS) is 1. The van der Waals surface area contributed by atoms with E-state index in [-0.39, 0.29) is 0 Å². The number of pyridine rings is 1. The van der Waals surface area contributed by atoms with Crippen molar-refractivity contribution in [2.45, 2.75) is 25.9 Å². The summed E-state index contributed by atoms with van der Waals surface area (Å²) in [5.41, 5.74) is 0.155. The quantitative estimate of drug-likeness (QED) is 0.815. The van der Waals surface area contributed by atoms with Gasteiger partial charge in [-0.1, -0.05) is 6.92 Å². The number of carbonyl (C=O) groups is 1. The number of nitrogens with zero attached hydrogens (tertiary/aromatic N) is 3. The standard InChI is InChI=1S/C15H23N3O4/c1-3-12(15(21)22)18-10-14(20)13(19)8-11(18)9-17-6-4-16(2)5-7-17/h8,10,12,20H,3-7,9H2,1-2H3,(H,21,22). The van der Waals surface area contributed by atoms with Crippen LogP contribution < -0.4 is 5.43 Å². The molecule has 7 nitrogen and oxygen atoms in total. The summed E-state index contributed by atoms with van der Waals surface area (Å²) in [6.45, 7) is 5.91. The monoisotopic (exact) mass is 309 g/mol. The highest BCUT2D eigenvalue weighted by Crippen LogP contribution is 2.18. The van der Waals surface area contributed by atoms with E-state index in [0.717, 1.165) is 26.2 Å². The Morgan fingerprint density at radius 1 is 1.32 bits per heavy atom. The summed E-state index contributed by atoms with van der Waals surface area (Å²) in [5, 5.41) is 19.0. The SMILES string of the molecule is CCC(C(=O)O)n1cc(O)c(=O)cc1CN1CCN(C)CC1. The van der Waals surface area contributed by atoms with Gasteiger partial charge in [0.25, 0.3) is 0 Å². The Morgan fingerprint density at radius 3 is 2.50 bits per heavy atom. The third-order valence-corrected chi connectivity index (χ3v) is 4.13. The van der Waals surface area contributed by atoms with Crippen LogP contribution in [0.4, 0.5) is 0 Å². The van der Waals surface area contributed by atoms with Gasteiger partial charge in [0.1, 0.15) is 6.04 Å². The van der Waals surface area contributed by atoms with Crippen LogP contribution in [0.15, 0.2) is 17.1 Å². The van der Waals surface area contributed by atoms with Gasteiger partial charge in [-0.15, -0.1) is 0 Å². The van der Waals surface area contributed by atoms with E-state index in [2.05, 4.69) is 16.8 Å². The number of likely N-dealkylation sites (N-methyl/N-ethyl adjacent to an activating group) is 1. The summed E-state index contributed by atoms with van der Waals surface area (Å²) in [6.07, 6.45) is 1.63. The van der Waals surface area contributed by atoms with Crippen LogP contribution in [-0.4, -0.2) is 63.8 Å². The number of rotatable bonds is 5. The molecule has 1 saturated heterocycles. The van der Waals surface area contributed by atoms with E-state index in [0.29, 0.717) is 18.7 Å². The zero-order valence-corrected chi connectivity index (χ0v) is 13.0. The zero-order valence-electron chi connectivity index (χ0n) is 13.0. The lowest BCUT2D eigenvalue weighted by Gasteiger charge is -2.33. The molecule has 0 aromatic carbocycles. The van der Waals surface area contributed by atoms with Crippen LogP contribution >= 0.6 is 0 Å². The molecule has 7 heteroatoms. The third kappa shape index (κ3) is 3.66. The van der Waals surface area contributed by atoms with Gasteiger partial charge in [-0.25, -0.2) is 4.79 Å². The molecule has 0 amide bonds. The van der Waals surface area contributed by atoms with Crippen LogP contribution in [0.25, 0.3) is 0 Å². The molecule has 122 valence electrons. The van der Waals surface area contributed by atoms with Crippen molar-refractivity contribution in [3.05, 3.63) is 28.2 Å². The minimum atomic E-state index is -0.967. The first-order chi connectivity index (χ1) is 10.4. The molecule has 2 heterocycles. The first kappa shape index (κ1) is 16.5. The molecule has 0 spiro atoms. The van der Waals surface area contributed by atoms with Crippen molar-refractivity contribution in [2.75, 3.05) is 33.2 Å². The van der Waals surface area contributed by atoms with Gasteiger partial charge >= 0.3 is 5.97 Å². The molecule has 1 unspecified atom stereocenters. The largest absolute Gasteiger partial charge is 0.503 e. The predicted octanol–water partition coefficient (Wildman–Crippen LogP) is 0.337. The predicted molar refractivity (Wildman–Crippen MR) is 82.1 cm³/mol. The van der Waals surface area contributed by atoms with Crippen molar-refractivity contribution in [3.63, 3.8) is 0 Å². The third-order valence-electron chi connectivity index (χ3n) is 4.13. The van der Waals surface area contributed by atoms with Crippen LogP contribution in [0.3, 0.4) is 0 Å². The number of aromatic nitrogens is 1. The van der Waals surface area contributed by atoms with E-state index in [9.17, 15) is 19.8 Å². The molecule has 1 aromatic heterocycles. The second kappa shape index (κ2) is 6.93. The molecule has 1 aromatic rings. The van der Waals surface area contributed by atoms with E-state index >= 15 is 0 Å². The second-order valence-electron chi connectivity index (χ2n) is 5.76. The fourth-order valence-corrected chi connectivity index (χ4v) is 2.72. The van der Waals surface area contributed by atoms with Gasteiger partial charge in [0.2, 0.25) is 5.43 Å². The maximum atomic E-state index is 11.7. The maximum Gasteiger partial charge on any atom is 0.326 e. The molecular formula is C15H23N3O4. The molecule has 2 N–H and O–H groups in total. The van der Waals surface area contributed by atoms with Crippen LogP contribution in [-0.2, 0) is 11.3 Å². The van der Waals surface area contributed by atoms with Gasteiger partial charge in [-0.3, -0.25) is 9.69 Å². The van der Waals surface area contributed by atoms with Crippen molar-refractivity contribution in [2.24, 2.45) is 0 Å². The van der Waals surface area contributed by atoms with Crippen LogP contribution in [0.2, 0.25) is 0 Å². The molecule has 0 radical (unpaired) electrons. The molecule has 1 aliphatic rings. The van der Waals surface area contributed by atoms with Crippen LogP contribution in [0.5, 0.6) is 5.75 Å². The molecule has 1 atom stereocenters. The summed E-state index contributed by atoms with van der Waals surface area (Å²) < 4.78 is 1.51. The van der Waals surface area contributed by atoms with Gasteiger partial charge in [0.05, 0.1) is 6.20 Å². The zero-order chi connectivity index (χ0) is 16.3. The second-order valence-corrected chi connectivity index (χ2v) is 5.76. The normalized spacial score (nSPS) is 18.3. The summed E-state index contributed by atoms with van der Waals surface area (Å²) in [4.78, 5) is 27.6. The smallest absolute Gasteiger partial charge is 0.326 e. The van der Waals surface area contributed by atoms with E-state index in [1.54, 1.807) is 6.92 Å². The topological polar surface area (TPSA) is 86.0 Å². The lowest BCUT2D eigenvalue weighted by molar-refractivity contribution is -0.141. The molecule has 1 fully saturated rings. The van der Waals surface area contributed by atoms with E-state index in [1.807, 2.05) is 0 Å². The van der Waals surface area contributed by atoms with Crippen molar-refractivity contribution >= 4 is 5.97 Å². The summed E-state index contributed by atoms with van der Waals surface area (Å²) >= 11 is 0. The lowest BCUT2D eigenvalue weighted by atomic mass is 10.1. The summed E-state index contributed by atoms with van der Waals surface area (Å²) in [7, 11) is 2.06. The maximum absolute atomic E-state index is 11.7. The number of aromatic hydroxyl groups is 1. The first-order valence-corrected chi connectivity index (χ1v) is 7.50. The minimum Gasteiger partial charge on any atom is -0.503 e. The molecule has 1 aliphatic heterocycles. The number of aliphatic carboxylic acids is 1. The molecule has 0 saturated carbocycles. The van der Waals surface area contributed by atoms with E-state index < -0.39 is 23.2 Å². The lowest BCUT2D eigenvalue weighted by Crippen LogP contribution is -2.44. The van der Waals surface area contributed by atoms with Crippen molar-refractivity contribution in [3.8, 4) is 5.75 Å². The van der Waals surface area contributed by atoms with E-state index in [1.165, 1.54) is 16.8 Å². The number of piperazine rings is 1. The fraction of sp³-hybridized carbons (Fsp3) is 0.600. The van der Waals surface area contributed by atoms with Crippen LogP contribution in [0, 0.1) is 0 Å². The average molecular weight is 309 g/mol. The Balaban J connectivity index is 2.30. The summed E-state index contributed by atoms with van der Waals surface area (Å²) in [6, 6.07) is 0.563. The van der Waals surface area contributed by atoms with Crippen molar-refractivity contribution in [1.82, 2.24) is 14.4 Å². The molecular weight excluding hydrogens is 286 g/mol. The first-order valence-electron chi connectivity index (χ1n) is 7.50. The van der Waals surface area contributed by atoms with Crippen molar-refractivity contribution < 1.29 is 15.0 Å². The highest BCUT2D eigenvalue weighted by atomic mass is 16.4. The molecule has 22 heavy (non-hydrogen) atoms. The van der Waals surface area contributed by atoms with Crippen molar-refractivity contribution in [1.29, 1.82) is 0 Å². The van der Waals surface area contributed by atoms with Gasteiger partial charge in [-0.2, -0.15) is 0 Å². The molecule has 0 aliphatic carbocycles. The number of hydrogen-bond acceptors (Lipinski definition) is 5. The summed E-state index contributed by atoms with van der Waals surface area (Å²) in [5.74, 6) is -1.38. The number of carboxylic acids is 1. The average Bonchev–Trinajstić information content (AvgIpc) is 2.46. The van der Waals surface area contributed by atoms with Gasteiger partial charge in [0.15, 0.2) is 5.75 Å². The molecule has 2 rings (SSSR count). The minimum absolute atomic E-state index is 0.382. The Kier molecular flexibility index (Phi) is 5.20. The fourth-order valence-electron chi connectivity index (χ4n) is 2.72. The highest BCUT2D eigenvalue weighted by molar-refractivity contribution is 5.72. The highest BCUT2D eigenvalue weighted by Gasteiger charge is 2.22. The van der Waals surface area contributed by atoms with E-state index in [4.69, 9.17) is 0 Å². The Labute approximate surface area is 129 Å². The van der Waals surface area contributed by atoms with Gasteiger partial charge in [0, 0.05) is 44.5 Å². The molecule has 0 bridgehead atoms. The van der Waals surface area contributed by atoms with Crippen LogP contribution in [0.1, 0.15) is 25.1 Å². The Bertz CT molecular complexity index is 591. The Hall–Kier alpha value is -1.86. The van der Waals surface area contributed by atoms with Gasteiger partial charge in [-0.05, 0) is 13.5 Å². The van der Waals surface area contributed by atoms with Gasteiger partial charge < -0.3 is 19.7 Å².